The van der Waals surface area contributed by atoms with E-state index in [-0.39, 0.29) is 21.9 Å². The number of benzene rings is 3. The summed E-state index contributed by atoms with van der Waals surface area (Å²) in [7, 11) is 0. The van der Waals surface area contributed by atoms with Crippen molar-refractivity contribution in [2.24, 2.45) is 5.92 Å². The number of rotatable bonds is 1. The minimum absolute atomic E-state index is 0.00362. The number of alkyl halides is 3. The van der Waals surface area contributed by atoms with Crippen molar-refractivity contribution in [3.63, 3.8) is 0 Å². The van der Waals surface area contributed by atoms with Crippen LogP contribution < -0.4 is 0 Å². The second-order valence-electron chi connectivity index (χ2n) is 8.40. The van der Waals surface area contributed by atoms with Crippen molar-refractivity contribution in [2.45, 2.75) is 32.4 Å². The van der Waals surface area contributed by atoms with E-state index in [2.05, 4.69) is 18.8 Å². The Morgan fingerprint density at radius 2 is 1.57 bits per heavy atom. The van der Waals surface area contributed by atoms with Crippen LogP contribution in [-0.2, 0) is 0 Å². The van der Waals surface area contributed by atoms with Crippen LogP contribution in [0.15, 0.2) is 48.0 Å². The number of allylic oxidation sites excluding steroid dienone is 2. The maximum Gasteiger partial charge on any atom is 0.458 e. The molecule has 1 aliphatic rings. The second-order valence-corrected chi connectivity index (χ2v) is 8.40. The highest BCUT2D eigenvalue weighted by Gasteiger charge is 2.24. The highest BCUT2D eigenvalue weighted by molar-refractivity contribution is 5.89. The molecule has 0 aromatic heterocycles. The van der Waals surface area contributed by atoms with Crippen molar-refractivity contribution in [1.29, 1.82) is 0 Å². The van der Waals surface area contributed by atoms with E-state index in [0.29, 0.717) is 5.92 Å². The molecule has 178 valence electrons. The van der Waals surface area contributed by atoms with E-state index in [1.165, 1.54) is 12.0 Å². The molecule has 0 N–H and O–H groups in total. The summed E-state index contributed by atoms with van der Waals surface area (Å²) >= 11 is 0. The Morgan fingerprint density at radius 3 is 2.20 bits per heavy atom. The number of fused-ring (bicyclic) bond motifs is 1. The molecule has 1 atom stereocenters. The smallest absolute Gasteiger partial charge is 0.206 e. The molecule has 3 aromatic carbocycles. The largest absolute Gasteiger partial charge is 0.458 e. The molecule has 0 bridgehead atoms. The van der Waals surface area contributed by atoms with Crippen LogP contribution in [0.4, 0.5) is 30.7 Å². The standard InChI is InChI=1S/C28H17F7/c1-16-2-4-17(5-3-16)6-7-18-12-24(30)26(25(31)13-18)19-8-9-21-20(14-19)15-23(29)22(27(21)32)10-11-28(33,34)35/h4,8-9,12-16H,2-3,5H2,1H3. The van der Waals surface area contributed by atoms with Gasteiger partial charge in [0.15, 0.2) is 0 Å². The van der Waals surface area contributed by atoms with Gasteiger partial charge in [-0.05, 0) is 66.0 Å². The van der Waals surface area contributed by atoms with Crippen LogP contribution in [-0.4, -0.2) is 6.18 Å². The molecule has 4 rings (SSSR count). The molecular weight excluding hydrogens is 469 g/mol. The fraction of sp³-hybridized carbons (Fsp3) is 0.214. The molecule has 35 heavy (non-hydrogen) atoms. The summed E-state index contributed by atoms with van der Waals surface area (Å²) in [5.41, 5.74) is -0.376. The van der Waals surface area contributed by atoms with Gasteiger partial charge in [-0.25, -0.2) is 17.6 Å². The maximum atomic E-state index is 14.9. The summed E-state index contributed by atoms with van der Waals surface area (Å²) in [5.74, 6) is 4.17. The molecule has 0 amide bonds. The third-order valence-electron chi connectivity index (χ3n) is 5.73. The summed E-state index contributed by atoms with van der Waals surface area (Å²) in [5, 5.41) is -0.323. The van der Waals surface area contributed by atoms with E-state index >= 15 is 0 Å². The van der Waals surface area contributed by atoms with Gasteiger partial charge in [0, 0.05) is 16.9 Å². The first-order valence-electron chi connectivity index (χ1n) is 10.7. The third-order valence-corrected chi connectivity index (χ3v) is 5.73. The van der Waals surface area contributed by atoms with Crippen LogP contribution in [0, 0.1) is 52.9 Å². The normalized spacial score (nSPS) is 15.7. The number of hydrogen-bond acceptors (Lipinski definition) is 0. The zero-order chi connectivity index (χ0) is 25.3. The first kappa shape index (κ1) is 24.4. The van der Waals surface area contributed by atoms with Gasteiger partial charge in [0.05, 0.1) is 11.1 Å². The van der Waals surface area contributed by atoms with Gasteiger partial charge in [-0.3, -0.25) is 0 Å². The minimum Gasteiger partial charge on any atom is -0.206 e. The molecule has 0 heterocycles. The fourth-order valence-corrected chi connectivity index (χ4v) is 3.89. The minimum atomic E-state index is -4.92. The Morgan fingerprint density at radius 1 is 0.857 bits per heavy atom. The quantitative estimate of drug-likeness (QED) is 0.241. The van der Waals surface area contributed by atoms with Crippen molar-refractivity contribution in [3.8, 4) is 34.8 Å². The van der Waals surface area contributed by atoms with Crippen LogP contribution >= 0.6 is 0 Å². The Bertz CT molecular complexity index is 1450. The van der Waals surface area contributed by atoms with Crippen LogP contribution in [0.5, 0.6) is 0 Å². The molecule has 0 radical (unpaired) electrons. The molecule has 0 nitrogen and oxygen atoms in total. The zero-order valence-electron chi connectivity index (χ0n) is 18.4. The summed E-state index contributed by atoms with van der Waals surface area (Å²) in [6.45, 7) is 2.14. The van der Waals surface area contributed by atoms with Gasteiger partial charge in [-0.2, -0.15) is 13.2 Å². The zero-order valence-corrected chi connectivity index (χ0v) is 18.4. The molecule has 0 aliphatic heterocycles. The van der Waals surface area contributed by atoms with Crippen LogP contribution in [0.1, 0.15) is 37.3 Å². The van der Waals surface area contributed by atoms with Gasteiger partial charge in [0.1, 0.15) is 23.3 Å². The lowest BCUT2D eigenvalue weighted by Crippen LogP contribution is -2.02. The molecule has 1 aliphatic carbocycles. The summed E-state index contributed by atoms with van der Waals surface area (Å²) in [6.07, 6.45) is -0.178. The highest BCUT2D eigenvalue weighted by Crippen LogP contribution is 2.32. The van der Waals surface area contributed by atoms with E-state index in [4.69, 9.17) is 0 Å². The molecule has 7 heteroatoms. The van der Waals surface area contributed by atoms with Gasteiger partial charge < -0.3 is 0 Å². The number of halogens is 7. The molecule has 0 saturated carbocycles. The molecular formula is C28H17F7. The molecule has 3 aromatic rings. The first-order chi connectivity index (χ1) is 16.5. The summed E-state index contributed by atoms with van der Waals surface area (Å²) in [4.78, 5) is 0. The predicted molar refractivity (Wildman–Crippen MR) is 120 cm³/mol. The van der Waals surface area contributed by atoms with Gasteiger partial charge >= 0.3 is 6.18 Å². The molecule has 0 fully saturated rings. The molecule has 1 unspecified atom stereocenters. The van der Waals surface area contributed by atoms with Crippen molar-refractivity contribution in [3.05, 3.63) is 82.4 Å². The molecule has 0 spiro atoms. The van der Waals surface area contributed by atoms with E-state index in [1.54, 1.807) is 0 Å². The fourth-order valence-electron chi connectivity index (χ4n) is 3.89. The van der Waals surface area contributed by atoms with E-state index < -0.39 is 40.6 Å². The second kappa shape index (κ2) is 9.50. The average Bonchev–Trinajstić information content (AvgIpc) is 2.77. The van der Waals surface area contributed by atoms with Gasteiger partial charge in [-0.15, -0.1) is 0 Å². The van der Waals surface area contributed by atoms with Crippen molar-refractivity contribution >= 4 is 10.8 Å². The molecule has 0 saturated heterocycles. The van der Waals surface area contributed by atoms with E-state index in [9.17, 15) is 30.7 Å². The van der Waals surface area contributed by atoms with Crippen LogP contribution in [0.3, 0.4) is 0 Å². The van der Waals surface area contributed by atoms with Gasteiger partial charge in [0.25, 0.3) is 0 Å². The first-order valence-corrected chi connectivity index (χ1v) is 10.7. The summed E-state index contributed by atoms with van der Waals surface area (Å²) in [6, 6.07) is 6.41. The topological polar surface area (TPSA) is 0 Å². The Kier molecular flexibility index (Phi) is 6.63. The maximum absolute atomic E-state index is 14.9. The van der Waals surface area contributed by atoms with E-state index in [0.717, 1.165) is 61.1 Å². The predicted octanol–water partition coefficient (Wildman–Crippen LogP) is 8.07. The van der Waals surface area contributed by atoms with Crippen LogP contribution in [0.2, 0.25) is 0 Å². The van der Waals surface area contributed by atoms with Crippen molar-refractivity contribution < 1.29 is 30.7 Å². The van der Waals surface area contributed by atoms with Gasteiger partial charge in [0.2, 0.25) is 0 Å². The lowest BCUT2D eigenvalue weighted by atomic mass is 9.91. The Labute approximate surface area is 197 Å². The lowest BCUT2D eigenvalue weighted by Gasteiger charge is -2.14. The van der Waals surface area contributed by atoms with Crippen molar-refractivity contribution in [2.75, 3.05) is 0 Å². The SMILES string of the molecule is CC1CC=C(C#Cc2cc(F)c(-c3ccc4c(F)c(C#CC(F)(F)F)c(F)cc4c3)c(F)c2)CC1. The monoisotopic (exact) mass is 486 g/mol. The Hall–Kier alpha value is -3.71. The average molecular weight is 486 g/mol. The van der Waals surface area contributed by atoms with E-state index in [1.807, 2.05) is 6.08 Å². The lowest BCUT2D eigenvalue weighted by molar-refractivity contribution is -0.0696. The van der Waals surface area contributed by atoms with Crippen molar-refractivity contribution in [1.82, 2.24) is 0 Å². The number of hydrogen-bond donors (Lipinski definition) is 0. The third kappa shape index (κ3) is 5.52. The van der Waals surface area contributed by atoms with Gasteiger partial charge in [-0.1, -0.05) is 42.9 Å². The Balaban J connectivity index is 1.71. The summed E-state index contributed by atoms with van der Waals surface area (Å²) < 4.78 is 95.6. The van der Waals surface area contributed by atoms with Crippen LogP contribution in [0.25, 0.3) is 21.9 Å². The highest BCUT2D eigenvalue weighted by atomic mass is 19.4.